The van der Waals surface area contributed by atoms with Gasteiger partial charge in [0.2, 0.25) is 0 Å². The van der Waals surface area contributed by atoms with E-state index in [1.54, 1.807) is 0 Å². The van der Waals surface area contributed by atoms with Gasteiger partial charge in [-0.1, -0.05) is 0 Å². The monoisotopic (exact) mass is 217 g/mol. The van der Waals surface area contributed by atoms with Gasteiger partial charge in [-0.25, -0.2) is 0 Å². The zero-order valence-corrected chi connectivity index (χ0v) is 10.3. The third kappa shape index (κ3) is 11.3. The minimum atomic E-state index is -0.175. The van der Waals surface area contributed by atoms with Crippen molar-refractivity contribution in [1.29, 1.82) is 0 Å². The molecule has 0 rings (SSSR count). The molecule has 0 aromatic rings. The molecule has 0 aromatic carbocycles. The number of nitrogens with one attached hydrogen (secondary N) is 1. The molecule has 4 nitrogen and oxygen atoms in total. The van der Waals surface area contributed by atoms with E-state index in [9.17, 15) is 4.79 Å². The molecule has 0 aliphatic rings. The average Bonchev–Trinajstić information content (AvgIpc) is 2.10. The second-order valence-corrected chi connectivity index (χ2v) is 4.34. The van der Waals surface area contributed by atoms with Gasteiger partial charge < -0.3 is 14.8 Å². The molecule has 0 bridgehead atoms. The number of rotatable bonds is 7. The Hall–Kier alpha value is -0.610. The average molecular weight is 217 g/mol. The molecule has 0 spiro atoms. The van der Waals surface area contributed by atoms with Crippen LogP contribution in [0.5, 0.6) is 0 Å². The number of hydrogen-bond acceptors (Lipinski definition) is 4. The molecule has 0 saturated heterocycles. The summed E-state index contributed by atoms with van der Waals surface area (Å²) in [4.78, 5) is 11.2. The van der Waals surface area contributed by atoms with Gasteiger partial charge in [0.15, 0.2) is 0 Å². The molecule has 0 amide bonds. The number of ether oxygens (including phenoxy) is 2. The SMILES string of the molecule is CCOCCOC(=O)CCNC(C)(C)C. The van der Waals surface area contributed by atoms with Gasteiger partial charge in [0, 0.05) is 18.7 Å². The Morgan fingerprint density at radius 3 is 2.47 bits per heavy atom. The van der Waals surface area contributed by atoms with Crippen LogP contribution in [0.25, 0.3) is 0 Å². The maximum absolute atomic E-state index is 11.2. The van der Waals surface area contributed by atoms with Crippen molar-refractivity contribution in [2.24, 2.45) is 0 Å². The molecule has 0 aliphatic heterocycles. The van der Waals surface area contributed by atoms with Gasteiger partial charge in [0.1, 0.15) is 6.61 Å². The molecule has 0 unspecified atom stereocenters. The highest BCUT2D eigenvalue weighted by molar-refractivity contribution is 5.69. The van der Waals surface area contributed by atoms with Gasteiger partial charge >= 0.3 is 5.97 Å². The molecule has 4 heteroatoms. The second kappa shape index (κ2) is 7.65. The van der Waals surface area contributed by atoms with Gasteiger partial charge in [0.05, 0.1) is 13.0 Å². The van der Waals surface area contributed by atoms with Crippen LogP contribution in [-0.2, 0) is 14.3 Å². The summed E-state index contributed by atoms with van der Waals surface area (Å²) in [5, 5.41) is 3.22. The van der Waals surface area contributed by atoms with Gasteiger partial charge in [0.25, 0.3) is 0 Å². The minimum Gasteiger partial charge on any atom is -0.463 e. The summed E-state index contributed by atoms with van der Waals surface area (Å²) >= 11 is 0. The van der Waals surface area contributed by atoms with Crippen LogP contribution in [-0.4, -0.2) is 37.9 Å². The Balaban J connectivity index is 3.34. The van der Waals surface area contributed by atoms with Crippen LogP contribution in [0.2, 0.25) is 0 Å². The van der Waals surface area contributed by atoms with E-state index in [1.807, 2.05) is 6.92 Å². The largest absolute Gasteiger partial charge is 0.463 e. The second-order valence-electron chi connectivity index (χ2n) is 4.34. The van der Waals surface area contributed by atoms with Crippen LogP contribution in [0.15, 0.2) is 0 Å². The first-order valence-corrected chi connectivity index (χ1v) is 5.44. The van der Waals surface area contributed by atoms with Crippen LogP contribution in [0.4, 0.5) is 0 Å². The summed E-state index contributed by atoms with van der Waals surface area (Å²) in [6.45, 7) is 10.2. The zero-order valence-electron chi connectivity index (χ0n) is 10.3. The molecule has 0 fully saturated rings. The first-order valence-electron chi connectivity index (χ1n) is 5.44. The Kier molecular flexibility index (Phi) is 7.34. The number of esters is 1. The van der Waals surface area contributed by atoms with Crippen molar-refractivity contribution in [2.75, 3.05) is 26.4 Å². The Labute approximate surface area is 92.3 Å². The molecule has 0 aliphatic carbocycles. The maximum Gasteiger partial charge on any atom is 0.307 e. The lowest BCUT2D eigenvalue weighted by Gasteiger charge is -2.19. The van der Waals surface area contributed by atoms with Crippen molar-refractivity contribution in [3.05, 3.63) is 0 Å². The molecule has 0 radical (unpaired) electrons. The number of carbonyl (C=O) groups is 1. The van der Waals surface area contributed by atoms with E-state index in [-0.39, 0.29) is 11.5 Å². The smallest absolute Gasteiger partial charge is 0.307 e. The summed E-state index contributed by atoms with van der Waals surface area (Å²) in [7, 11) is 0. The summed E-state index contributed by atoms with van der Waals surface area (Å²) in [5.74, 6) is -0.175. The van der Waals surface area contributed by atoms with Crippen molar-refractivity contribution < 1.29 is 14.3 Å². The van der Waals surface area contributed by atoms with Crippen molar-refractivity contribution in [3.8, 4) is 0 Å². The Morgan fingerprint density at radius 1 is 1.27 bits per heavy atom. The van der Waals surface area contributed by atoms with E-state index in [4.69, 9.17) is 9.47 Å². The molecule has 1 N–H and O–H groups in total. The van der Waals surface area contributed by atoms with Crippen LogP contribution in [0.1, 0.15) is 34.1 Å². The predicted octanol–water partition coefficient (Wildman–Crippen LogP) is 1.34. The fourth-order valence-corrected chi connectivity index (χ4v) is 0.970. The third-order valence-corrected chi connectivity index (χ3v) is 1.68. The highest BCUT2D eigenvalue weighted by atomic mass is 16.6. The van der Waals surface area contributed by atoms with E-state index < -0.39 is 0 Å². The Morgan fingerprint density at radius 2 is 1.93 bits per heavy atom. The molecular weight excluding hydrogens is 194 g/mol. The first-order chi connectivity index (χ1) is 6.95. The maximum atomic E-state index is 11.2. The van der Waals surface area contributed by atoms with Crippen molar-refractivity contribution in [1.82, 2.24) is 5.32 Å². The molecular formula is C11H23NO3. The van der Waals surface area contributed by atoms with Gasteiger partial charge in [-0.2, -0.15) is 0 Å². The van der Waals surface area contributed by atoms with Crippen LogP contribution in [0, 0.1) is 0 Å². The summed E-state index contributed by atoms with van der Waals surface area (Å²) in [5.41, 5.74) is 0.0472. The van der Waals surface area contributed by atoms with Crippen molar-refractivity contribution >= 4 is 5.97 Å². The van der Waals surface area contributed by atoms with Gasteiger partial charge in [-0.05, 0) is 27.7 Å². The van der Waals surface area contributed by atoms with Crippen LogP contribution < -0.4 is 5.32 Å². The highest BCUT2D eigenvalue weighted by Crippen LogP contribution is 1.98. The lowest BCUT2D eigenvalue weighted by molar-refractivity contribution is -0.145. The fraction of sp³-hybridized carbons (Fsp3) is 0.909. The van der Waals surface area contributed by atoms with E-state index in [0.717, 1.165) is 0 Å². The van der Waals surface area contributed by atoms with Gasteiger partial charge in [-0.3, -0.25) is 4.79 Å². The van der Waals surface area contributed by atoms with Crippen LogP contribution >= 0.6 is 0 Å². The third-order valence-electron chi connectivity index (χ3n) is 1.68. The standard InChI is InChI=1S/C11H23NO3/c1-5-14-8-9-15-10(13)6-7-12-11(2,3)4/h12H,5-9H2,1-4H3. The quantitative estimate of drug-likeness (QED) is 0.516. The minimum absolute atomic E-state index is 0.0472. The first kappa shape index (κ1) is 14.4. The summed E-state index contributed by atoms with van der Waals surface area (Å²) in [6.07, 6.45) is 0.406. The molecule has 0 atom stereocenters. The molecule has 0 aromatic heterocycles. The van der Waals surface area contributed by atoms with Crippen molar-refractivity contribution in [2.45, 2.75) is 39.7 Å². The number of carbonyl (C=O) groups excluding carboxylic acids is 1. The highest BCUT2D eigenvalue weighted by Gasteiger charge is 2.09. The molecule has 90 valence electrons. The molecule has 0 heterocycles. The van der Waals surface area contributed by atoms with E-state index in [1.165, 1.54) is 0 Å². The summed E-state index contributed by atoms with van der Waals surface area (Å²) in [6, 6.07) is 0. The lowest BCUT2D eigenvalue weighted by atomic mass is 10.1. The fourth-order valence-electron chi connectivity index (χ4n) is 0.970. The molecule has 0 saturated carbocycles. The predicted molar refractivity (Wildman–Crippen MR) is 59.8 cm³/mol. The van der Waals surface area contributed by atoms with E-state index in [0.29, 0.717) is 32.8 Å². The van der Waals surface area contributed by atoms with E-state index >= 15 is 0 Å². The zero-order chi connectivity index (χ0) is 11.7. The normalized spacial score (nSPS) is 11.5. The topological polar surface area (TPSA) is 47.6 Å². The van der Waals surface area contributed by atoms with Crippen molar-refractivity contribution in [3.63, 3.8) is 0 Å². The Bertz CT molecular complexity index is 175. The van der Waals surface area contributed by atoms with Gasteiger partial charge in [-0.15, -0.1) is 0 Å². The molecule has 15 heavy (non-hydrogen) atoms. The lowest BCUT2D eigenvalue weighted by Crippen LogP contribution is -2.37. The summed E-state index contributed by atoms with van der Waals surface area (Å²) < 4.78 is 10.0. The van der Waals surface area contributed by atoms with Crippen LogP contribution in [0.3, 0.4) is 0 Å². The number of hydrogen-bond donors (Lipinski definition) is 1. The van der Waals surface area contributed by atoms with E-state index in [2.05, 4.69) is 26.1 Å².